The van der Waals surface area contributed by atoms with Crippen LogP contribution in [0.25, 0.3) is 11.1 Å². The van der Waals surface area contributed by atoms with Crippen LogP contribution in [0, 0.1) is 0 Å². The number of nitrogens with zero attached hydrogens (tertiary/aromatic N) is 3. The summed E-state index contributed by atoms with van der Waals surface area (Å²) in [6.45, 7) is 40.9. The van der Waals surface area contributed by atoms with Crippen LogP contribution in [0.15, 0.2) is 188 Å². The molecule has 3 aliphatic heterocycles. The van der Waals surface area contributed by atoms with Crippen molar-refractivity contribution in [3.63, 3.8) is 0 Å². The van der Waals surface area contributed by atoms with Gasteiger partial charge in [0.1, 0.15) is 0 Å². The van der Waals surface area contributed by atoms with Gasteiger partial charge in [0, 0.05) is 45.4 Å². The normalized spacial score (nSPS) is 19.8. The summed E-state index contributed by atoms with van der Waals surface area (Å²) in [6, 6.07) is 75.0. The fraction of sp³-hybridized carbons (Fsp3) is 0.349. The van der Waals surface area contributed by atoms with E-state index in [0.29, 0.717) is 0 Å². The summed E-state index contributed by atoms with van der Waals surface area (Å²) in [5, 5.41) is 0. The van der Waals surface area contributed by atoms with Crippen molar-refractivity contribution < 1.29 is 0 Å². The van der Waals surface area contributed by atoms with Crippen LogP contribution in [-0.2, 0) is 49.9 Å². The van der Waals surface area contributed by atoms with E-state index in [1.807, 2.05) is 0 Å². The number of hydrogen-bond donors (Lipinski definition) is 0. The number of rotatable bonds is 5. The van der Waals surface area contributed by atoms with E-state index < -0.39 is 5.54 Å². The molecule has 0 amide bonds. The Kier molecular flexibility index (Phi) is 12.6. The van der Waals surface area contributed by atoms with Gasteiger partial charge in [-0.25, -0.2) is 0 Å². The highest BCUT2D eigenvalue weighted by Gasteiger charge is 2.63. The summed E-state index contributed by atoms with van der Waals surface area (Å²) in [6.07, 6.45) is 4.29. The second kappa shape index (κ2) is 19.2. The third-order valence-corrected chi connectivity index (χ3v) is 21.7. The van der Waals surface area contributed by atoms with Gasteiger partial charge < -0.3 is 14.7 Å². The lowest BCUT2D eigenvalue weighted by Crippen LogP contribution is -2.62. The highest BCUT2D eigenvalue weighted by Crippen LogP contribution is 2.67. The molecule has 0 aromatic heterocycles. The highest BCUT2D eigenvalue weighted by molar-refractivity contribution is 7.00. The zero-order valence-electron chi connectivity index (χ0n) is 55.1. The predicted molar refractivity (Wildman–Crippen MR) is 374 cm³/mol. The zero-order chi connectivity index (χ0) is 61.3. The van der Waals surface area contributed by atoms with Crippen LogP contribution in [0.2, 0.25) is 0 Å². The molecule has 3 nitrogen and oxygen atoms in total. The Morgan fingerprint density at radius 1 is 0.368 bits per heavy atom. The minimum absolute atomic E-state index is 0.0113. The molecule has 0 saturated carbocycles. The molecule has 2 unspecified atom stereocenters. The summed E-state index contributed by atoms with van der Waals surface area (Å²) in [5.41, 5.74) is 29.3. The third-order valence-electron chi connectivity index (χ3n) is 21.7. The van der Waals surface area contributed by atoms with Gasteiger partial charge in [-0.1, -0.05) is 238 Å². The number of aryl methyl sites for hydroxylation is 1. The zero-order valence-corrected chi connectivity index (χ0v) is 55.1. The van der Waals surface area contributed by atoms with E-state index in [4.69, 9.17) is 0 Å². The Morgan fingerprint density at radius 2 is 0.897 bits per heavy atom. The van der Waals surface area contributed by atoms with Crippen molar-refractivity contribution in [2.24, 2.45) is 0 Å². The van der Waals surface area contributed by atoms with E-state index in [1.165, 1.54) is 129 Å². The van der Waals surface area contributed by atoms with E-state index in [0.717, 1.165) is 25.7 Å². The molecule has 9 aromatic carbocycles. The lowest BCUT2D eigenvalue weighted by molar-refractivity contribution is 0.270. The Bertz CT molecular complexity index is 4230. The van der Waals surface area contributed by atoms with Gasteiger partial charge in [-0.2, -0.15) is 0 Å². The summed E-state index contributed by atoms with van der Waals surface area (Å²) < 4.78 is 0. The van der Waals surface area contributed by atoms with Crippen molar-refractivity contribution in [3.05, 3.63) is 244 Å². The monoisotopic (exact) mass is 1140 g/mol. The predicted octanol–water partition coefficient (Wildman–Crippen LogP) is 20.3. The molecule has 2 aliphatic carbocycles. The van der Waals surface area contributed by atoms with Gasteiger partial charge >= 0.3 is 0 Å². The lowest BCUT2D eigenvalue weighted by atomic mass is 9.33. The van der Waals surface area contributed by atoms with E-state index >= 15 is 0 Å². The molecule has 0 radical (unpaired) electrons. The van der Waals surface area contributed by atoms with Crippen molar-refractivity contribution in [2.75, 3.05) is 14.7 Å². The third kappa shape index (κ3) is 8.63. The second-order valence-electron chi connectivity index (χ2n) is 32.2. The molecular formula is C83H90BN3. The number of fused-ring (bicyclic) bond motifs is 10. The quantitative estimate of drug-likeness (QED) is 0.159. The van der Waals surface area contributed by atoms with Gasteiger partial charge in [0.15, 0.2) is 0 Å². The molecule has 0 fully saturated rings. The maximum atomic E-state index is 2.80. The molecule has 0 saturated heterocycles. The molecule has 3 heterocycles. The van der Waals surface area contributed by atoms with Crippen molar-refractivity contribution in [1.29, 1.82) is 0 Å². The van der Waals surface area contributed by atoms with Gasteiger partial charge in [-0.05, 0) is 203 Å². The maximum absolute atomic E-state index is 2.80. The van der Waals surface area contributed by atoms with E-state index in [-0.39, 0.29) is 44.6 Å². The van der Waals surface area contributed by atoms with Crippen molar-refractivity contribution in [3.8, 4) is 11.1 Å². The summed E-state index contributed by atoms with van der Waals surface area (Å²) in [5.74, 6) is 0. The van der Waals surface area contributed by atoms with Crippen LogP contribution in [0.3, 0.4) is 0 Å². The number of benzene rings is 9. The van der Waals surface area contributed by atoms with Crippen LogP contribution < -0.4 is 31.1 Å². The average Bonchev–Trinajstić information content (AvgIpc) is 1.62. The van der Waals surface area contributed by atoms with Crippen LogP contribution in [0.1, 0.15) is 193 Å². The molecule has 87 heavy (non-hydrogen) atoms. The first-order valence-electron chi connectivity index (χ1n) is 32.5. The molecule has 2 atom stereocenters. The molecule has 440 valence electrons. The van der Waals surface area contributed by atoms with Crippen molar-refractivity contribution in [2.45, 2.75) is 187 Å². The highest BCUT2D eigenvalue weighted by atomic mass is 15.3. The summed E-state index contributed by atoms with van der Waals surface area (Å²) in [4.78, 5) is 8.22. The molecular weight excluding hydrogens is 1050 g/mol. The Labute approximate surface area is 522 Å². The Morgan fingerprint density at radius 3 is 1.53 bits per heavy atom. The summed E-state index contributed by atoms with van der Waals surface area (Å²) >= 11 is 0. The maximum Gasteiger partial charge on any atom is 0.252 e. The Balaban J connectivity index is 1.11. The first kappa shape index (κ1) is 57.2. The molecule has 14 rings (SSSR count). The minimum atomic E-state index is -0.497. The van der Waals surface area contributed by atoms with Crippen LogP contribution in [0.5, 0.6) is 0 Å². The summed E-state index contributed by atoms with van der Waals surface area (Å²) in [7, 11) is 0. The first-order chi connectivity index (χ1) is 41.0. The molecule has 4 heteroatoms. The first-order valence-corrected chi connectivity index (χ1v) is 32.5. The molecule has 9 aromatic rings. The fourth-order valence-corrected chi connectivity index (χ4v) is 16.5. The van der Waals surface area contributed by atoms with Crippen LogP contribution in [-0.4, -0.2) is 6.71 Å². The SMILES string of the molecule is CC(C)(C)c1ccc(N2c3cc(N4c5ccc(C(C)(C)C)cc5C5(c6ccccc6)CCc6ccccc6C45C)ccc3B3c4cc5c(cc4N(c4ccc(C(C)(C)C)cc4-c4ccccc4)c4cc(C(C)(C)C)cc2c43)C(C)(C)CCC5(C)C)cc1. The fourth-order valence-electron chi connectivity index (χ4n) is 16.5. The second-order valence-corrected chi connectivity index (χ2v) is 32.2. The Hall–Kier alpha value is -7.56. The van der Waals surface area contributed by atoms with E-state index in [1.54, 1.807) is 0 Å². The van der Waals surface area contributed by atoms with Crippen LogP contribution in [0.4, 0.5) is 45.5 Å². The lowest BCUT2D eigenvalue weighted by Gasteiger charge is -2.53. The smallest absolute Gasteiger partial charge is 0.252 e. The van der Waals surface area contributed by atoms with Crippen LogP contribution >= 0.6 is 0 Å². The molecule has 0 spiro atoms. The molecule has 5 aliphatic rings. The van der Waals surface area contributed by atoms with E-state index in [9.17, 15) is 0 Å². The van der Waals surface area contributed by atoms with Gasteiger partial charge in [-0.15, -0.1) is 0 Å². The molecule has 0 N–H and O–H groups in total. The minimum Gasteiger partial charge on any atom is -0.330 e. The van der Waals surface area contributed by atoms with Gasteiger partial charge in [0.05, 0.1) is 16.6 Å². The van der Waals surface area contributed by atoms with E-state index in [2.05, 4.69) is 320 Å². The standard InChI is InChI=1S/C83H90BN3/c1-76(2,3)55-32-36-60(37-33-55)85-71-50-61(87-70-41-35-58(78(7,8)9)47-66(70)83(56-29-22-19-23-30-56)43-42-54-28-24-25-31-63(54)82(83,87)17)38-39-67(71)84-68-51-64-65(81(15,16)45-44-80(64,13)14)52-72(68)86(74-49-59(79(10,11)12)48-73(85)75(74)84)69-40-34-57(77(4,5)6)46-62(69)53-26-20-18-21-27-53/h18-41,46-52H,42-45H2,1-17H3. The topological polar surface area (TPSA) is 9.72 Å². The van der Waals surface area contributed by atoms with Gasteiger partial charge in [-0.3, -0.25) is 0 Å². The van der Waals surface area contributed by atoms with Gasteiger partial charge in [0.2, 0.25) is 0 Å². The number of anilines is 8. The molecule has 0 bridgehead atoms. The number of hydrogen-bond acceptors (Lipinski definition) is 3. The average molecular weight is 1140 g/mol. The largest absolute Gasteiger partial charge is 0.330 e. The van der Waals surface area contributed by atoms with Gasteiger partial charge in [0.25, 0.3) is 6.71 Å². The van der Waals surface area contributed by atoms with Crippen molar-refractivity contribution >= 4 is 68.6 Å². The van der Waals surface area contributed by atoms with Crippen molar-refractivity contribution in [1.82, 2.24) is 0 Å².